The second-order valence-electron chi connectivity index (χ2n) is 7.41. The summed E-state index contributed by atoms with van der Waals surface area (Å²) in [6.45, 7) is 4.44. The SMILES string of the molecule is COC[C@@H](C)n1c(CCCC(=O)N2CCC(CO)CC2)nc2cccnc21. The molecule has 2 aromatic rings. The van der Waals surface area contributed by atoms with Crippen molar-refractivity contribution in [3.8, 4) is 0 Å². The maximum Gasteiger partial charge on any atom is 0.222 e. The highest BCUT2D eigenvalue weighted by Gasteiger charge is 2.22. The van der Waals surface area contributed by atoms with Crippen molar-refractivity contribution in [2.45, 2.75) is 45.1 Å². The van der Waals surface area contributed by atoms with Gasteiger partial charge in [0.05, 0.1) is 12.6 Å². The second kappa shape index (κ2) is 9.28. The summed E-state index contributed by atoms with van der Waals surface area (Å²) in [5.74, 6) is 1.51. The fourth-order valence-electron chi connectivity index (χ4n) is 3.85. The van der Waals surface area contributed by atoms with E-state index in [2.05, 4.69) is 16.5 Å². The van der Waals surface area contributed by atoms with E-state index in [1.54, 1.807) is 13.3 Å². The predicted octanol–water partition coefficient (Wildman–Crippen LogP) is 2.19. The summed E-state index contributed by atoms with van der Waals surface area (Å²) in [5.41, 5.74) is 1.75. The van der Waals surface area contributed by atoms with Gasteiger partial charge in [-0.1, -0.05) is 0 Å². The predicted molar refractivity (Wildman–Crippen MR) is 103 cm³/mol. The summed E-state index contributed by atoms with van der Waals surface area (Å²) in [4.78, 5) is 23.6. The number of nitrogens with zero attached hydrogens (tertiary/aromatic N) is 4. The van der Waals surface area contributed by atoms with Crippen LogP contribution < -0.4 is 0 Å². The van der Waals surface area contributed by atoms with Crippen molar-refractivity contribution in [2.75, 3.05) is 33.4 Å². The highest BCUT2D eigenvalue weighted by atomic mass is 16.5. The van der Waals surface area contributed by atoms with Crippen molar-refractivity contribution in [1.82, 2.24) is 19.4 Å². The van der Waals surface area contributed by atoms with E-state index in [-0.39, 0.29) is 18.6 Å². The summed E-state index contributed by atoms with van der Waals surface area (Å²) in [7, 11) is 1.70. The molecular weight excluding hydrogens is 344 g/mol. The maximum atomic E-state index is 12.5. The van der Waals surface area contributed by atoms with Crippen molar-refractivity contribution >= 4 is 17.1 Å². The van der Waals surface area contributed by atoms with Crippen LogP contribution in [0.4, 0.5) is 0 Å². The molecule has 3 rings (SSSR count). The molecule has 7 heteroatoms. The number of ether oxygens (including phenoxy) is 1. The smallest absolute Gasteiger partial charge is 0.222 e. The molecule has 1 atom stereocenters. The molecule has 0 aliphatic carbocycles. The Morgan fingerprint density at radius 2 is 2.19 bits per heavy atom. The second-order valence-corrected chi connectivity index (χ2v) is 7.41. The van der Waals surface area contributed by atoms with Gasteiger partial charge in [-0.15, -0.1) is 0 Å². The summed E-state index contributed by atoms with van der Waals surface area (Å²) in [5, 5.41) is 9.23. The number of likely N-dealkylation sites (tertiary alicyclic amines) is 1. The Morgan fingerprint density at radius 3 is 2.89 bits per heavy atom. The van der Waals surface area contributed by atoms with Crippen molar-refractivity contribution < 1.29 is 14.6 Å². The fourth-order valence-corrected chi connectivity index (χ4v) is 3.85. The normalized spacial score (nSPS) is 16.8. The number of methoxy groups -OCH3 is 1. The van der Waals surface area contributed by atoms with Gasteiger partial charge in [-0.05, 0) is 44.2 Å². The zero-order valence-electron chi connectivity index (χ0n) is 16.3. The quantitative estimate of drug-likeness (QED) is 0.766. The largest absolute Gasteiger partial charge is 0.396 e. The standard InChI is InChI=1S/C20H30N4O3/c1-15(14-27-2)24-18(22-17-5-4-10-21-20(17)24)6-3-7-19(26)23-11-8-16(13-25)9-12-23/h4-5,10,15-16,25H,3,6-9,11-14H2,1-2H3/t15-/m1/s1. The van der Waals surface area contributed by atoms with E-state index in [0.717, 1.165) is 55.8 Å². The van der Waals surface area contributed by atoms with Crippen LogP contribution in [0.3, 0.4) is 0 Å². The number of rotatable bonds is 8. The molecule has 3 heterocycles. The Labute approximate surface area is 160 Å². The molecular formula is C20H30N4O3. The van der Waals surface area contributed by atoms with Crippen LogP contribution in [0.2, 0.25) is 0 Å². The zero-order chi connectivity index (χ0) is 19.2. The molecule has 0 aromatic carbocycles. The first-order valence-electron chi connectivity index (χ1n) is 9.83. The van der Waals surface area contributed by atoms with E-state index in [9.17, 15) is 9.90 Å². The lowest BCUT2D eigenvalue weighted by Gasteiger charge is -2.31. The molecule has 1 N–H and O–H groups in total. The van der Waals surface area contributed by atoms with Gasteiger partial charge in [0.15, 0.2) is 5.65 Å². The van der Waals surface area contributed by atoms with Gasteiger partial charge in [-0.25, -0.2) is 9.97 Å². The Hall–Kier alpha value is -1.99. The molecule has 1 saturated heterocycles. The minimum Gasteiger partial charge on any atom is -0.396 e. The van der Waals surface area contributed by atoms with Crippen LogP contribution in [0.5, 0.6) is 0 Å². The van der Waals surface area contributed by atoms with Gasteiger partial charge < -0.3 is 19.3 Å². The molecule has 1 aliphatic heterocycles. The zero-order valence-corrected chi connectivity index (χ0v) is 16.3. The average Bonchev–Trinajstić information content (AvgIpc) is 3.06. The molecule has 1 amide bonds. The average molecular weight is 374 g/mol. The number of aliphatic hydroxyl groups is 1. The highest BCUT2D eigenvalue weighted by molar-refractivity contribution is 5.76. The third-order valence-corrected chi connectivity index (χ3v) is 5.39. The third-order valence-electron chi connectivity index (χ3n) is 5.39. The topological polar surface area (TPSA) is 80.5 Å². The molecule has 0 unspecified atom stereocenters. The minimum atomic E-state index is 0.137. The molecule has 1 fully saturated rings. The number of aryl methyl sites for hydroxylation is 1. The minimum absolute atomic E-state index is 0.137. The Kier molecular flexibility index (Phi) is 6.79. The van der Waals surface area contributed by atoms with Gasteiger partial charge in [0.2, 0.25) is 5.91 Å². The van der Waals surface area contributed by atoms with Crippen LogP contribution in [-0.4, -0.2) is 63.9 Å². The number of aliphatic hydroxyl groups excluding tert-OH is 1. The molecule has 0 radical (unpaired) electrons. The third kappa shape index (κ3) is 4.65. The summed E-state index contributed by atoms with van der Waals surface area (Å²) in [6.07, 6.45) is 5.62. The summed E-state index contributed by atoms with van der Waals surface area (Å²) in [6, 6.07) is 4.00. The molecule has 2 aromatic heterocycles. The van der Waals surface area contributed by atoms with Crippen molar-refractivity contribution in [3.63, 3.8) is 0 Å². The molecule has 27 heavy (non-hydrogen) atoms. The lowest BCUT2D eigenvalue weighted by atomic mass is 9.97. The fraction of sp³-hybridized carbons (Fsp3) is 0.650. The number of piperidine rings is 1. The lowest BCUT2D eigenvalue weighted by Crippen LogP contribution is -2.39. The van der Waals surface area contributed by atoms with E-state index >= 15 is 0 Å². The van der Waals surface area contributed by atoms with Gasteiger partial charge in [-0.2, -0.15) is 0 Å². The van der Waals surface area contributed by atoms with E-state index < -0.39 is 0 Å². The van der Waals surface area contributed by atoms with Gasteiger partial charge >= 0.3 is 0 Å². The van der Waals surface area contributed by atoms with Gasteiger partial charge in [-0.3, -0.25) is 4.79 Å². The Balaban J connectivity index is 1.61. The number of pyridine rings is 1. The number of carbonyl (C=O) groups excluding carboxylic acids is 1. The Morgan fingerprint density at radius 1 is 1.41 bits per heavy atom. The van der Waals surface area contributed by atoms with Crippen LogP contribution in [0, 0.1) is 5.92 Å². The molecule has 0 spiro atoms. The van der Waals surface area contributed by atoms with Crippen LogP contribution >= 0.6 is 0 Å². The molecule has 0 saturated carbocycles. The first kappa shape index (κ1) is 19.8. The molecule has 0 bridgehead atoms. The van der Waals surface area contributed by atoms with E-state index in [0.29, 0.717) is 18.9 Å². The number of imidazole rings is 1. The van der Waals surface area contributed by atoms with E-state index in [1.165, 1.54) is 0 Å². The summed E-state index contributed by atoms with van der Waals surface area (Å²) >= 11 is 0. The van der Waals surface area contributed by atoms with Crippen molar-refractivity contribution in [3.05, 3.63) is 24.2 Å². The molecule has 1 aliphatic rings. The van der Waals surface area contributed by atoms with Gasteiger partial charge in [0.1, 0.15) is 11.3 Å². The first-order chi connectivity index (χ1) is 13.1. The summed E-state index contributed by atoms with van der Waals surface area (Å²) < 4.78 is 7.45. The van der Waals surface area contributed by atoms with Crippen LogP contribution in [0.15, 0.2) is 18.3 Å². The first-order valence-corrected chi connectivity index (χ1v) is 9.83. The number of hydrogen-bond acceptors (Lipinski definition) is 5. The van der Waals surface area contributed by atoms with E-state index in [1.807, 2.05) is 17.0 Å². The Bertz CT molecular complexity index is 753. The maximum absolute atomic E-state index is 12.5. The van der Waals surface area contributed by atoms with Gasteiger partial charge in [0, 0.05) is 45.8 Å². The highest BCUT2D eigenvalue weighted by Crippen LogP contribution is 2.22. The van der Waals surface area contributed by atoms with Gasteiger partial charge in [0.25, 0.3) is 0 Å². The van der Waals surface area contributed by atoms with Crippen molar-refractivity contribution in [1.29, 1.82) is 0 Å². The monoisotopic (exact) mass is 374 g/mol. The van der Waals surface area contributed by atoms with E-state index in [4.69, 9.17) is 9.72 Å². The van der Waals surface area contributed by atoms with Crippen LogP contribution in [-0.2, 0) is 16.0 Å². The van der Waals surface area contributed by atoms with Crippen LogP contribution in [0.1, 0.15) is 44.5 Å². The number of carbonyl (C=O) groups is 1. The molecule has 148 valence electrons. The number of aromatic nitrogens is 3. The molecule has 7 nitrogen and oxygen atoms in total. The lowest BCUT2D eigenvalue weighted by molar-refractivity contribution is -0.132. The van der Waals surface area contributed by atoms with Crippen LogP contribution in [0.25, 0.3) is 11.2 Å². The number of hydrogen-bond donors (Lipinski definition) is 1. The van der Waals surface area contributed by atoms with Crippen molar-refractivity contribution in [2.24, 2.45) is 5.92 Å². The number of amides is 1. The number of fused-ring (bicyclic) bond motifs is 1.